The maximum Gasteiger partial charge on any atom is 0.0688 e. The van der Waals surface area contributed by atoms with Crippen LogP contribution >= 0.6 is 0 Å². The predicted molar refractivity (Wildman–Crippen MR) is 71.0 cm³/mol. The third-order valence-electron chi connectivity index (χ3n) is 6.15. The maximum atomic E-state index is 6.16. The molecule has 3 atom stereocenters. The number of hydrogen-bond donors (Lipinski definition) is 0. The van der Waals surface area contributed by atoms with E-state index in [1.807, 2.05) is 0 Å². The Hall–Kier alpha value is -0.0400. The summed E-state index contributed by atoms with van der Waals surface area (Å²) in [5.41, 5.74) is 1.41. The zero-order valence-electron chi connectivity index (χ0n) is 11.8. The first kappa shape index (κ1) is 12.0. The van der Waals surface area contributed by atoms with Crippen LogP contribution in [0.3, 0.4) is 0 Å². The Kier molecular flexibility index (Phi) is 2.63. The summed E-state index contributed by atoms with van der Waals surface area (Å²) in [4.78, 5) is 0. The highest BCUT2D eigenvalue weighted by molar-refractivity contribution is 5.05. The van der Waals surface area contributed by atoms with E-state index >= 15 is 0 Å². The molecule has 2 saturated carbocycles. The van der Waals surface area contributed by atoms with Gasteiger partial charge in [-0.2, -0.15) is 0 Å². The van der Waals surface area contributed by atoms with Crippen LogP contribution in [0.25, 0.3) is 0 Å². The van der Waals surface area contributed by atoms with E-state index < -0.39 is 0 Å². The van der Waals surface area contributed by atoms with Gasteiger partial charge in [0.05, 0.1) is 5.60 Å². The van der Waals surface area contributed by atoms with Crippen molar-refractivity contribution < 1.29 is 4.74 Å². The Balaban J connectivity index is 1.85. The summed E-state index contributed by atoms with van der Waals surface area (Å²) in [6.45, 7) is 8.58. The molecule has 1 heteroatoms. The van der Waals surface area contributed by atoms with E-state index in [2.05, 4.69) is 20.8 Å². The molecule has 1 heterocycles. The second-order valence-electron chi connectivity index (χ2n) is 7.90. The molecule has 1 spiro atoms. The lowest BCUT2D eigenvalue weighted by atomic mass is 9.49. The van der Waals surface area contributed by atoms with Gasteiger partial charge in [0, 0.05) is 6.61 Å². The normalized spacial score (nSPS) is 49.2. The molecular formula is C16H28O. The van der Waals surface area contributed by atoms with Crippen LogP contribution in [0.2, 0.25) is 0 Å². The zero-order chi connectivity index (χ0) is 12.1. The Morgan fingerprint density at radius 3 is 2.47 bits per heavy atom. The molecule has 0 aromatic carbocycles. The second kappa shape index (κ2) is 3.73. The Morgan fingerprint density at radius 1 is 0.941 bits per heavy atom. The van der Waals surface area contributed by atoms with Gasteiger partial charge in [-0.3, -0.25) is 0 Å². The van der Waals surface area contributed by atoms with Gasteiger partial charge < -0.3 is 4.74 Å². The molecule has 2 aliphatic carbocycles. The smallest absolute Gasteiger partial charge is 0.0688 e. The lowest BCUT2D eigenvalue weighted by Gasteiger charge is -2.57. The number of ether oxygens (including phenoxy) is 1. The van der Waals surface area contributed by atoms with Gasteiger partial charge in [0.1, 0.15) is 0 Å². The SMILES string of the molecule is CC1(C)CCC[C@]2(C)C[C@@]3(CCCO3)CC[C@@H]12. The van der Waals surface area contributed by atoms with Gasteiger partial charge in [0.15, 0.2) is 0 Å². The monoisotopic (exact) mass is 236 g/mol. The fourth-order valence-corrected chi connectivity index (χ4v) is 5.51. The summed E-state index contributed by atoms with van der Waals surface area (Å²) in [5.74, 6) is 0.929. The minimum absolute atomic E-state index is 0.290. The van der Waals surface area contributed by atoms with Crippen LogP contribution < -0.4 is 0 Å². The summed E-state index contributed by atoms with van der Waals surface area (Å²) in [5, 5.41) is 0. The largest absolute Gasteiger partial charge is 0.375 e. The molecule has 0 unspecified atom stereocenters. The van der Waals surface area contributed by atoms with Crippen molar-refractivity contribution in [3.63, 3.8) is 0 Å². The molecule has 3 aliphatic rings. The highest BCUT2D eigenvalue weighted by atomic mass is 16.5. The van der Waals surface area contributed by atoms with Crippen LogP contribution in [0.5, 0.6) is 0 Å². The van der Waals surface area contributed by atoms with Crippen molar-refractivity contribution in [2.75, 3.05) is 6.61 Å². The molecule has 0 aromatic heterocycles. The van der Waals surface area contributed by atoms with Crippen molar-refractivity contribution in [1.29, 1.82) is 0 Å². The average Bonchev–Trinajstić information content (AvgIpc) is 2.63. The van der Waals surface area contributed by atoms with Crippen LogP contribution in [-0.2, 0) is 4.74 Å². The first-order chi connectivity index (χ1) is 7.96. The Morgan fingerprint density at radius 2 is 1.76 bits per heavy atom. The molecule has 0 amide bonds. The van der Waals surface area contributed by atoms with Gasteiger partial charge >= 0.3 is 0 Å². The molecule has 1 aliphatic heterocycles. The molecule has 98 valence electrons. The van der Waals surface area contributed by atoms with Gasteiger partial charge in [-0.25, -0.2) is 0 Å². The predicted octanol–water partition coefficient (Wildman–Crippen LogP) is 4.55. The summed E-state index contributed by atoms with van der Waals surface area (Å²) in [6, 6.07) is 0. The molecule has 3 fully saturated rings. The second-order valence-corrected chi connectivity index (χ2v) is 7.90. The summed E-state index contributed by atoms with van der Waals surface area (Å²) < 4.78 is 6.16. The lowest BCUT2D eigenvalue weighted by molar-refractivity contribution is -0.129. The minimum Gasteiger partial charge on any atom is -0.375 e. The van der Waals surface area contributed by atoms with E-state index in [1.165, 1.54) is 51.4 Å². The highest BCUT2D eigenvalue weighted by Crippen LogP contribution is 2.61. The molecule has 1 saturated heterocycles. The summed E-state index contributed by atoms with van der Waals surface area (Å²) >= 11 is 0. The van der Waals surface area contributed by atoms with Gasteiger partial charge in [0.25, 0.3) is 0 Å². The standard InChI is InChI=1S/C16H28O/c1-14(2)7-4-8-15(3)12-16(9-5-11-17-16)10-6-13(14)15/h13H,4-12H2,1-3H3/t13-,15+,16+/m0/s1. The number of hydrogen-bond acceptors (Lipinski definition) is 1. The van der Waals surface area contributed by atoms with E-state index in [1.54, 1.807) is 0 Å². The topological polar surface area (TPSA) is 9.23 Å². The van der Waals surface area contributed by atoms with Crippen LogP contribution in [0.1, 0.15) is 72.1 Å². The molecule has 17 heavy (non-hydrogen) atoms. The quantitative estimate of drug-likeness (QED) is 0.599. The molecule has 1 nitrogen and oxygen atoms in total. The Bertz CT molecular complexity index is 301. The van der Waals surface area contributed by atoms with Crippen molar-refractivity contribution in [2.45, 2.75) is 77.7 Å². The van der Waals surface area contributed by atoms with Crippen molar-refractivity contribution in [3.8, 4) is 0 Å². The van der Waals surface area contributed by atoms with Crippen molar-refractivity contribution in [2.24, 2.45) is 16.7 Å². The van der Waals surface area contributed by atoms with Crippen molar-refractivity contribution in [1.82, 2.24) is 0 Å². The lowest BCUT2D eigenvalue weighted by Crippen LogP contribution is -2.51. The third kappa shape index (κ3) is 1.85. The molecule has 3 rings (SSSR count). The van der Waals surface area contributed by atoms with Crippen molar-refractivity contribution >= 4 is 0 Å². The first-order valence-corrected chi connectivity index (χ1v) is 7.60. The van der Waals surface area contributed by atoms with Crippen molar-refractivity contribution in [3.05, 3.63) is 0 Å². The number of fused-ring (bicyclic) bond motifs is 1. The summed E-state index contributed by atoms with van der Waals surface area (Å²) in [7, 11) is 0. The van der Waals surface area contributed by atoms with Gasteiger partial charge in [-0.05, 0) is 61.7 Å². The average molecular weight is 236 g/mol. The van der Waals surface area contributed by atoms with E-state index in [4.69, 9.17) is 4.74 Å². The highest BCUT2D eigenvalue weighted by Gasteiger charge is 2.54. The van der Waals surface area contributed by atoms with Gasteiger partial charge in [-0.15, -0.1) is 0 Å². The number of rotatable bonds is 0. The maximum absolute atomic E-state index is 6.16. The van der Waals surface area contributed by atoms with Crippen LogP contribution in [0.4, 0.5) is 0 Å². The van der Waals surface area contributed by atoms with E-state index in [0.717, 1.165) is 12.5 Å². The molecule has 0 aromatic rings. The van der Waals surface area contributed by atoms with Gasteiger partial charge in [0.2, 0.25) is 0 Å². The molecular weight excluding hydrogens is 208 g/mol. The van der Waals surface area contributed by atoms with Crippen LogP contribution in [0.15, 0.2) is 0 Å². The van der Waals surface area contributed by atoms with E-state index in [9.17, 15) is 0 Å². The van der Waals surface area contributed by atoms with Crippen LogP contribution in [0, 0.1) is 16.7 Å². The Labute approximate surface area is 106 Å². The molecule has 0 radical (unpaired) electrons. The minimum atomic E-state index is 0.290. The first-order valence-electron chi connectivity index (χ1n) is 7.60. The van der Waals surface area contributed by atoms with E-state index in [0.29, 0.717) is 16.4 Å². The van der Waals surface area contributed by atoms with E-state index in [-0.39, 0.29) is 0 Å². The molecule has 0 bridgehead atoms. The van der Waals surface area contributed by atoms with Gasteiger partial charge in [-0.1, -0.05) is 27.2 Å². The fourth-order valence-electron chi connectivity index (χ4n) is 5.51. The van der Waals surface area contributed by atoms with Crippen LogP contribution in [-0.4, -0.2) is 12.2 Å². The third-order valence-corrected chi connectivity index (χ3v) is 6.15. The zero-order valence-corrected chi connectivity index (χ0v) is 11.8. The fraction of sp³-hybridized carbons (Fsp3) is 1.00. The summed E-state index contributed by atoms with van der Waals surface area (Å²) in [6.07, 6.45) is 11.0. The molecule has 0 N–H and O–H groups in total.